The second-order valence-corrected chi connectivity index (χ2v) is 3.89. The molecule has 0 aliphatic heterocycles. The van der Waals surface area contributed by atoms with Gasteiger partial charge in [-0.2, -0.15) is 0 Å². The summed E-state index contributed by atoms with van der Waals surface area (Å²) in [7, 11) is 1.55. The first-order valence-corrected chi connectivity index (χ1v) is 5.21. The zero-order chi connectivity index (χ0) is 13.4. The molecule has 0 atom stereocenters. The van der Waals surface area contributed by atoms with Crippen LogP contribution in [0.15, 0.2) is 29.1 Å². The Morgan fingerprint density at radius 1 is 1.39 bits per heavy atom. The highest BCUT2D eigenvalue weighted by molar-refractivity contribution is 5.88. The number of halogens is 1. The third-order valence-corrected chi connectivity index (χ3v) is 2.82. The van der Waals surface area contributed by atoms with Crippen molar-refractivity contribution >= 4 is 5.97 Å². The Morgan fingerprint density at radius 3 is 2.56 bits per heavy atom. The summed E-state index contributed by atoms with van der Waals surface area (Å²) in [6.45, 7) is 1.53. The highest BCUT2D eigenvalue weighted by Crippen LogP contribution is 2.11. The van der Waals surface area contributed by atoms with E-state index in [1.807, 2.05) is 0 Å². The molecule has 0 unspecified atom stereocenters. The average Bonchev–Trinajstić information content (AvgIpc) is 2.50. The number of hydrogen-bond acceptors (Lipinski definition) is 2. The fourth-order valence-corrected chi connectivity index (χ4v) is 1.85. The molecule has 0 amide bonds. The van der Waals surface area contributed by atoms with Gasteiger partial charge in [-0.3, -0.25) is 9.48 Å². The normalized spacial score (nSPS) is 10.6. The van der Waals surface area contributed by atoms with Crippen LogP contribution in [0.1, 0.15) is 16.1 Å². The SMILES string of the molecule is Cc1c(C(=O)O)c(=O)n(-c2cccc(F)c2)n1C. The fourth-order valence-electron chi connectivity index (χ4n) is 1.85. The summed E-state index contributed by atoms with van der Waals surface area (Å²) in [5.41, 5.74) is -0.371. The molecule has 6 heteroatoms. The molecule has 0 saturated heterocycles. The van der Waals surface area contributed by atoms with Gasteiger partial charge in [-0.1, -0.05) is 6.07 Å². The standard InChI is InChI=1S/C12H11FN2O3/c1-7-10(12(17)18)11(16)15(14(7)2)9-5-3-4-8(13)6-9/h3-6H,1-2H3,(H,17,18). The summed E-state index contributed by atoms with van der Waals surface area (Å²) in [5, 5.41) is 8.99. The van der Waals surface area contributed by atoms with Crippen LogP contribution in [0.3, 0.4) is 0 Å². The second kappa shape index (κ2) is 4.14. The molecule has 0 bridgehead atoms. The first kappa shape index (κ1) is 12.1. The van der Waals surface area contributed by atoms with Gasteiger partial charge in [-0.05, 0) is 25.1 Å². The molecule has 2 aromatic rings. The molecule has 2 rings (SSSR count). The number of nitrogens with zero attached hydrogens (tertiary/aromatic N) is 2. The topological polar surface area (TPSA) is 64.2 Å². The largest absolute Gasteiger partial charge is 0.477 e. The van der Waals surface area contributed by atoms with Gasteiger partial charge in [-0.25, -0.2) is 13.9 Å². The van der Waals surface area contributed by atoms with Crippen molar-refractivity contribution in [2.24, 2.45) is 7.05 Å². The van der Waals surface area contributed by atoms with E-state index in [2.05, 4.69) is 0 Å². The van der Waals surface area contributed by atoms with Crippen LogP contribution in [0.2, 0.25) is 0 Å². The van der Waals surface area contributed by atoms with E-state index < -0.39 is 17.3 Å². The maximum Gasteiger partial charge on any atom is 0.343 e. The molecule has 18 heavy (non-hydrogen) atoms. The number of benzene rings is 1. The summed E-state index contributed by atoms with van der Waals surface area (Å²) in [6, 6.07) is 5.42. The van der Waals surface area contributed by atoms with Crippen molar-refractivity contribution in [1.82, 2.24) is 9.36 Å². The van der Waals surface area contributed by atoms with Gasteiger partial charge in [0.05, 0.1) is 11.4 Å². The zero-order valence-electron chi connectivity index (χ0n) is 9.85. The van der Waals surface area contributed by atoms with Crippen LogP contribution < -0.4 is 5.56 Å². The molecule has 94 valence electrons. The van der Waals surface area contributed by atoms with E-state index in [1.54, 1.807) is 7.05 Å². The van der Waals surface area contributed by atoms with Crippen LogP contribution in [0.4, 0.5) is 4.39 Å². The molecule has 5 nitrogen and oxygen atoms in total. The summed E-state index contributed by atoms with van der Waals surface area (Å²) in [4.78, 5) is 23.0. The van der Waals surface area contributed by atoms with Crippen molar-refractivity contribution in [3.05, 3.63) is 51.7 Å². The molecule has 0 spiro atoms. The molecule has 0 fully saturated rings. The first-order chi connectivity index (χ1) is 8.43. The summed E-state index contributed by atoms with van der Waals surface area (Å²) in [6.07, 6.45) is 0. The molecule has 1 aromatic carbocycles. The smallest absolute Gasteiger partial charge is 0.343 e. The van der Waals surface area contributed by atoms with E-state index in [4.69, 9.17) is 5.11 Å². The average molecular weight is 250 g/mol. The third kappa shape index (κ3) is 1.71. The lowest BCUT2D eigenvalue weighted by Crippen LogP contribution is -2.22. The Kier molecular flexibility index (Phi) is 2.78. The van der Waals surface area contributed by atoms with E-state index in [-0.39, 0.29) is 11.3 Å². The Morgan fingerprint density at radius 2 is 2.06 bits per heavy atom. The highest BCUT2D eigenvalue weighted by Gasteiger charge is 2.21. The van der Waals surface area contributed by atoms with E-state index in [9.17, 15) is 14.0 Å². The van der Waals surface area contributed by atoms with Gasteiger partial charge in [0, 0.05) is 7.05 Å². The highest BCUT2D eigenvalue weighted by atomic mass is 19.1. The third-order valence-electron chi connectivity index (χ3n) is 2.82. The van der Waals surface area contributed by atoms with Crippen LogP contribution in [0.25, 0.3) is 5.69 Å². The lowest BCUT2D eigenvalue weighted by molar-refractivity contribution is 0.0694. The minimum atomic E-state index is -1.29. The summed E-state index contributed by atoms with van der Waals surface area (Å²) < 4.78 is 15.7. The quantitative estimate of drug-likeness (QED) is 0.874. The minimum Gasteiger partial charge on any atom is -0.477 e. The Hall–Kier alpha value is -2.37. The number of rotatable bonds is 2. The molecule has 1 N–H and O–H groups in total. The van der Waals surface area contributed by atoms with Gasteiger partial charge in [0.2, 0.25) is 0 Å². The van der Waals surface area contributed by atoms with Crippen LogP contribution >= 0.6 is 0 Å². The minimum absolute atomic E-state index is 0.290. The molecular weight excluding hydrogens is 239 g/mol. The lowest BCUT2D eigenvalue weighted by atomic mass is 10.2. The molecular formula is C12H11FN2O3. The molecule has 1 heterocycles. The number of aromatic nitrogens is 2. The van der Waals surface area contributed by atoms with Crippen molar-refractivity contribution in [3.8, 4) is 5.69 Å². The zero-order valence-corrected chi connectivity index (χ0v) is 9.85. The molecule has 1 aromatic heterocycles. The Balaban J connectivity index is 2.78. The van der Waals surface area contributed by atoms with Gasteiger partial charge >= 0.3 is 5.97 Å². The molecule has 0 aliphatic carbocycles. The first-order valence-electron chi connectivity index (χ1n) is 5.21. The summed E-state index contributed by atoms with van der Waals surface area (Å²) >= 11 is 0. The van der Waals surface area contributed by atoms with Gasteiger partial charge in [0.15, 0.2) is 0 Å². The van der Waals surface area contributed by atoms with Crippen LogP contribution in [0, 0.1) is 12.7 Å². The molecule has 0 radical (unpaired) electrons. The van der Waals surface area contributed by atoms with E-state index in [0.717, 1.165) is 4.68 Å². The predicted molar refractivity (Wildman–Crippen MR) is 62.7 cm³/mol. The molecule has 0 aliphatic rings. The number of carboxylic acid groups (broad SMARTS) is 1. The van der Waals surface area contributed by atoms with E-state index >= 15 is 0 Å². The van der Waals surface area contributed by atoms with Crippen molar-refractivity contribution in [2.45, 2.75) is 6.92 Å². The van der Waals surface area contributed by atoms with Crippen molar-refractivity contribution in [3.63, 3.8) is 0 Å². The number of hydrogen-bond donors (Lipinski definition) is 1. The van der Waals surface area contributed by atoms with Crippen molar-refractivity contribution < 1.29 is 14.3 Å². The van der Waals surface area contributed by atoms with E-state index in [1.165, 1.54) is 35.9 Å². The van der Waals surface area contributed by atoms with Gasteiger partial charge < -0.3 is 5.11 Å². The van der Waals surface area contributed by atoms with E-state index in [0.29, 0.717) is 5.69 Å². The summed E-state index contributed by atoms with van der Waals surface area (Å²) in [5.74, 6) is -1.78. The Labute approximate surface area is 102 Å². The van der Waals surface area contributed by atoms with Gasteiger partial charge in [-0.15, -0.1) is 0 Å². The van der Waals surface area contributed by atoms with Gasteiger partial charge in [0.25, 0.3) is 5.56 Å². The number of carboxylic acids is 1. The Bertz CT molecular complexity index is 685. The maximum absolute atomic E-state index is 13.1. The lowest BCUT2D eigenvalue weighted by Gasteiger charge is -2.07. The monoisotopic (exact) mass is 250 g/mol. The molecule has 0 saturated carbocycles. The fraction of sp³-hybridized carbons (Fsp3) is 0.167. The van der Waals surface area contributed by atoms with Crippen LogP contribution in [-0.2, 0) is 7.05 Å². The number of carbonyl (C=O) groups is 1. The van der Waals surface area contributed by atoms with Crippen molar-refractivity contribution in [2.75, 3.05) is 0 Å². The van der Waals surface area contributed by atoms with Crippen LogP contribution in [-0.4, -0.2) is 20.4 Å². The number of aromatic carboxylic acids is 1. The van der Waals surface area contributed by atoms with Gasteiger partial charge in [0.1, 0.15) is 11.4 Å². The van der Waals surface area contributed by atoms with Crippen LogP contribution in [0.5, 0.6) is 0 Å². The second-order valence-electron chi connectivity index (χ2n) is 3.89. The maximum atomic E-state index is 13.1. The van der Waals surface area contributed by atoms with Crippen molar-refractivity contribution in [1.29, 1.82) is 0 Å². The predicted octanol–water partition coefficient (Wildman–Crippen LogP) is 1.32.